The number of benzene rings is 1. The number of carbonyl (C=O) groups is 4. The molecule has 5 rings (SSSR count). The van der Waals surface area contributed by atoms with Gasteiger partial charge in [-0.15, -0.1) is 5.10 Å². The molecule has 0 spiro atoms. The van der Waals surface area contributed by atoms with Crippen LogP contribution in [0.2, 0.25) is 0 Å². The molecule has 1 aromatic carbocycles. The molecule has 1 unspecified atom stereocenters. The molecule has 3 amide bonds. The molecule has 162 valence electrons. The fourth-order valence-electron chi connectivity index (χ4n) is 3.94. The van der Waals surface area contributed by atoms with Gasteiger partial charge >= 0.3 is 5.97 Å². The Kier molecular flexibility index (Phi) is 4.54. The predicted molar refractivity (Wildman–Crippen MR) is 104 cm³/mol. The average Bonchev–Trinajstić information content (AvgIpc) is 3.52. The van der Waals surface area contributed by atoms with E-state index in [2.05, 4.69) is 25.3 Å². The number of ether oxygens (including phenoxy) is 1. The Hall–Kier alpha value is -4.35. The molecule has 12 heteroatoms. The van der Waals surface area contributed by atoms with E-state index in [0.717, 1.165) is 6.39 Å². The number of nitrogens with zero attached hydrogens (tertiary/aromatic N) is 5. The van der Waals surface area contributed by atoms with Gasteiger partial charge in [-0.25, -0.2) is 14.5 Å². The van der Waals surface area contributed by atoms with Crippen molar-refractivity contribution in [3.63, 3.8) is 0 Å². The molecule has 4 heterocycles. The summed E-state index contributed by atoms with van der Waals surface area (Å²) in [5.41, 5.74) is 2.17. The van der Waals surface area contributed by atoms with Crippen LogP contribution in [0.4, 0.5) is 0 Å². The molecule has 1 saturated heterocycles. The number of aromatic nitrogens is 4. The fraction of sp³-hybridized carbons (Fsp3) is 0.250. The maximum atomic E-state index is 13.0. The molecule has 1 atom stereocenters. The number of rotatable bonds is 4. The number of hydrogen-bond donors (Lipinski definition) is 1. The van der Waals surface area contributed by atoms with Crippen LogP contribution in [0.3, 0.4) is 0 Å². The molecule has 2 aromatic heterocycles. The number of piperidine rings is 1. The first-order valence-electron chi connectivity index (χ1n) is 9.69. The first-order valence-corrected chi connectivity index (χ1v) is 9.69. The minimum atomic E-state index is -0.718. The van der Waals surface area contributed by atoms with Crippen molar-refractivity contribution in [3.05, 3.63) is 47.7 Å². The molecule has 2 aliphatic heterocycles. The molecule has 12 nitrogen and oxygen atoms in total. The average molecular weight is 436 g/mol. The number of imide groups is 1. The zero-order chi connectivity index (χ0) is 22.4. The van der Waals surface area contributed by atoms with Crippen molar-refractivity contribution in [3.8, 4) is 17.1 Å². The zero-order valence-corrected chi connectivity index (χ0v) is 16.8. The Morgan fingerprint density at radius 1 is 1.28 bits per heavy atom. The summed E-state index contributed by atoms with van der Waals surface area (Å²) in [4.78, 5) is 54.1. The molecular formula is C20H16N6O6. The molecule has 0 radical (unpaired) electrons. The lowest BCUT2D eigenvalue weighted by Crippen LogP contribution is -2.52. The van der Waals surface area contributed by atoms with Crippen LogP contribution >= 0.6 is 0 Å². The molecule has 32 heavy (non-hydrogen) atoms. The molecule has 0 bridgehead atoms. The smallest absolute Gasteiger partial charge is 0.376 e. The second kappa shape index (κ2) is 7.41. The van der Waals surface area contributed by atoms with Gasteiger partial charge in [-0.2, -0.15) is 0 Å². The van der Waals surface area contributed by atoms with Gasteiger partial charge in [0.1, 0.15) is 17.4 Å². The predicted octanol–water partition coefficient (Wildman–Crippen LogP) is 0.470. The lowest BCUT2D eigenvalue weighted by molar-refractivity contribution is -0.136. The van der Waals surface area contributed by atoms with Crippen molar-refractivity contribution >= 4 is 23.7 Å². The topological polar surface area (TPSA) is 150 Å². The summed E-state index contributed by atoms with van der Waals surface area (Å²) < 4.78 is 11.2. The first-order chi connectivity index (χ1) is 15.5. The van der Waals surface area contributed by atoms with E-state index < -0.39 is 17.9 Å². The lowest BCUT2D eigenvalue weighted by atomic mass is 10.0. The van der Waals surface area contributed by atoms with Gasteiger partial charge in [0.2, 0.25) is 17.6 Å². The SMILES string of the molecule is COC(=O)c1ocnc1-c1cn(-c2cccc3c2CN(C2CCC(=O)NC2=O)C3=O)nn1. The summed E-state index contributed by atoms with van der Waals surface area (Å²) in [6, 6.07) is 4.43. The number of fused-ring (bicyclic) bond motifs is 1. The van der Waals surface area contributed by atoms with Crippen molar-refractivity contribution in [2.75, 3.05) is 7.11 Å². The van der Waals surface area contributed by atoms with E-state index >= 15 is 0 Å². The highest BCUT2D eigenvalue weighted by Crippen LogP contribution is 2.32. The highest BCUT2D eigenvalue weighted by atomic mass is 16.5. The summed E-state index contributed by atoms with van der Waals surface area (Å²) in [7, 11) is 1.23. The number of methoxy groups -OCH3 is 1. The van der Waals surface area contributed by atoms with E-state index in [1.807, 2.05) is 0 Å². The maximum Gasteiger partial charge on any atom is 0.376 e. The standard InChI is InChI=1S/C20H16N6O6/c1-31-20(30)17-16(21-9-32-17)12-8-26(24-23-12)13-4-2-3-10-11(13)7-25(19(10)29)14-5-6-15(27)22-18(14)28/h2-4,8-9,14H,5-7H2,1H3,(H,22,27,28). The summed E-state index contributed by atoms with van der Waals surface area (Å²) >= 11 is 0. The number of carbonyl (C=O) groups excluding carboxylic acids is 4. The Balaban J connectivity index is 1.48. The van der Waals surface area contributed by atoms with E-state index in [1.54, 1.807) is 24.4 Å². The van der Waals surface area contributed by atoms with Gasteiger partial charge in [-0.05, 0) is 18.6 Å². The molecular weight excluding hydrogens is 420 g/mol. The van der Waals surface area contributed by atoms with Gasteiger partial charge in [-0.1, -0.05) is 11.3 Å². The van der Waals surface area contributed by atoms with Crippen molar-refractivity contribution in [1.29, 1.82) is 0 Å². The molecule has 0 saturated carbocycles. The second-order valence-corrected chi connectivity index (χ2v) is 7.27. The van der Waals surface area contributed by atoms with Crippen LogP contribution in [0, 0.1) is 0 Å². The summed E-state index contributed by atoms with van der Waals surface area (Å²) in [6.07, 6.45) is 3.11. The third kappa shape index (κ3) is 3.04. The summed E-state index contributed by atoms with van der Waals surface area (Å²) in [6.45, 7) is 0.184. The number of amides is 3. The second-order valence-electron chi connectivity index (χ2n) is 7.27. The van der Waals surface area contributed by atoms with Crippen LogP contribution in [0.15, 0.2) is 35.2 Å². The summed E-state index contributed by atoms with van der Waals surface area (Å²) in [5, 5.41) is 10.5. The van der Waals surface area contributed by atoms with E-state index in [9.17, 15) is 19.2 Å². The number of nitrogens with one attached hydrogen (secondary N) is 1. The number of hydrogen-bond acceptors (Lipinski definition) is 9. The van der Waals surface area contributed by atoms with Crippen molar-refractivity contribution < 1.29 is 28.3 Å². The molecule has 2 aliphatic rings. The molecule has 1 fully saturated rings. The van der Waals surface area contributed by atoms with Gasteiger partial charge in [0.25, 0.3) is 5.91 Å². The molecule has 1 N–H and O–H groups in total. The molecule has 3 aromatic rings. The maximum absolute atomic E-state index is 13.0. The Morgan fingerprint density at radius 3 is 2.91 bits per heavy atom. The van der Waals surface area contributed by atoms with Gasteiger partial charge in [0, 0.05) is 24.1 Å². The Morgan fingerprint density at radius 2 is 2.12 bits per heavy atom. The number of esters is 1. The van der Waals surface area contributed by atoms with E-state index in [-0.39, 0.29) is 48.3 Å². The first kappa shape index (κ1) is 19.6. The van der Waals surface area contributed by atoms with Crippen LogP contribution in [-0.4, -0.2) is 61.7 Å². The van der Waals surface area contributed by atoms with Gasteiger partial charge in [0.15, 0.2) is 6.39 Å². The van der Waals surface area contributed by atoms with Crippen molar-refractivity contribution in [2.24, 2.45) is 0 Å². The lowest BCUT2D eigenvalue weighted by Gasteiger charge is -2.29. The van der Waals surface area contributed by atoms with Gasteiger partial charge in [-0.3, -0.25) is 19.7 Å². The van der Waals surface area contributed by atoms with Gasteiger partial charge in [0.05, 0.1) is 19.0 Å². The third-order valence-electron chi connectivity index (χ3n) is 5.48. The minimum absolute atomic E-state index is 0.1000. The van der Waals surface area contributed by atoms with Gasteiger partial charge < -0.3 is 14.1 Å². The summed E-state index contributed by atoms with van der Waals surface area (Å²) in [5.74, 6) is -1.91. The van der Waals surface area contributed by atoms with Crippen LogP contribution < -0.4 is 5.32 Å². The van der Waals surface area contributed by atoms with E-state index in [4.69, 9.17) is 4.42 Å². The van der Waals surface area contributed by atoms with E-state index in [1.165, 1.54) is 16.7 Å². The Labute approximate surface area is 180 Å². The molecule has 0 aliphatic carbocycles. The van der Waals surface area contributed by atoms with Crippen molar-refractivity contribution in [1.82, 2.24) is 30.2 Å². The number of oxazole rings is 1. The minimum Gasteiger partial charge on any atom is -0.463 e. The largest absolute Gasteiger partial charge is 0.463 e. The zero-order valence-electron chi connectivity index (χ0n) is 16.8. The normalized spacial score (nSPS) is 18.0. The van der Waals surface area contributed by atoms with Crippen LogP contribution in [0.1, 0.15) is 39.3 Å². The fourth-order valence-corrected chi connectivity index (χ4v) is 3.94. The third-order valence-corrected chi connectivity index (χ3v) is 5.48. The van der Waals surface area contributed by atoms with Crippen LogP contribution in [-0.2, 0) is 20.9 Å². The van der Waals surface area contributed by atoms with Crippen LogP contribution in [0.25, 0.3) is 17.1 Å². The van der Waals surface area contributed by atoms with Crippen molar-refractivity contribution in [2.45, 2.75) is 25.4 Å². The van der Waals surface area contributed by atoms with Crippen LogP contribution in [0.5, 0.6) is 0 Å². The highest BCUT2D eigenvalue weighted by molar-refractivity contribution is 6.05. The monoisotopic (exact) mass is 436 g/mol. The van der Waals surface area contributed by atoms with E-state index in [0.29, 0.717) is 16.8 Å². The quantitative estimate of drug-likeness (QED) is 0.455. The Bertz CT molecular complexity index is 1280. The highest BCUT2D eigenvalue weighted by Gasteiger charge is 2.40.